The summed E-state index contributed by atoms with van der Waals surface area (Å²) in [4.78, 5) is 24.6. The fourth-order valence-electron chi connectivity index (χ4n) is 2.40. The molecule has 1 aliphatic heterocycles. The summed E-state index contributed by atoms with van der Waals surface area (Å²) >= 11 is 0. The summed E-state index contributed by atoms with van der Waals surface area (Å²) in [6, 6.07) is 6.20. The van der Waals surface area contributed by atoms with Gasteiger partial charge in [-0.25, -0.2) is 0 Å². The Bertz CT molecular complexity index is 556. The predicted molar refractivity (Wildman–Crippen MR) is 81.5 cm³/mol. The van der Waals surface area contributed by atoms with E-state index >= 15 is 0 Å². The maximum atomic E-state index is 12.3. The highest BCUT2D eigenvalue weighted by molar-refractivity contribution is 5.82. The van der Waals surface area contributed by atoms with Crippen LogP contribution in [0.4, 0.5) is 5.69 Å². The molecule has 0 spiro atoms. The molecule has 1 aliphatic rings. The Hall–Kier alpha value is -1.99. The smallest absolute Gasteiger partial charge is 0.269 e. The van der Waals surface area contributed by atoms with Gasteiger partial charge in [-0.3, -0.25) is 14.9 Å². The van der Waals surface area contributed by atoms with Gasteiger partial charge in [-0.05, 0) is 38.6 Å². The van der Waals surface area contributed by atoms with Crippen LogP contribution in [0.15, 0.2) is 24.3 Å². The molecule has 1 heterocycles. The molecule has 1 aromatic carbocycles. The predicted octanol–water partition coefficient (Wildman–Crippen LogP) is 1.28. The molecule has 1 aromatic rings. The Balaban J connectivity index is 2.06. The van der Waals surface area contributed by atoms with Crippen LogP contribution >= 0.6 is 0 Å². The molecule has 1 N–H and O–H groups in total. The number of non-ortho nitro benzene ring substituents is 1. The molecule has 1 atom stereocenters. The minimum atomic E-state index is -0.633. The number of hydrogen-bond donors (Lipinski definition) is 1. The van der Waals surface area contributed by atoms with Gasteiger partial charge in [-0.2, -0.15) is 0 Å². The van der Waals surface area contributed by atoms with E-state index in [-0.39, 0.29) is 11.6 Å². The summed E-state index contributed by atoms with van der Waals surface area (Å²) < 4.78 is 5.50. The zero-order valence-electron chi connectivity index (χ0n) is 13.0. The van der Waals surface area contributed by atoms with Gasteiger partial charge in [-0.1, -0.05) is 0 Å². The molecule has 22 heavy (non-hydrogen) atoms. The topological polar surface area (TPSA) is 84.7 Å². The molecular formula is C15H21N3O4. The van der Waals surface area contributed by atoms with Crippen molar-refractivity contribution in [2.24, 2.45) is 0 Å². The second kappa shape index (κ2) is 6.41. The number of nitrogens with one attached hydrogen (secondary N) is 1. The number of carbonyl (C=O) groups excluding carboxylic acids is 1. The van der Waals surface area contributed by atoms with E-state index in [0.29, 0.717) is 13.2 Å². The second-order valence-electron chi connectivity index (χ2n) is 6.04. The third-order valence-corrected chi connectivity index (χ3v) is 3.80. The van der Waals surface area contributed by atoms with Crippen molar-refractivity contribution >= 4 is 11.6 Å². The number of amides is 1. The van der Waals surface area contributed by atoms with E-state index in [2.05, 4.69) is 5.32 Å². The molecule has 7 heteroatoms. The Labute approximate surface area is 129 Å². The lowest BCUT2D eigenvalue weighted by molar-refractivity contribution is -0.384. The SMILES string of the molecule is CN1CCO[C@@H](C(=O)NC(C)(C)c2ccc([N+](=O)[O-])cc2)C1. The first-order valence-corrected chi connectivity index (χ1v) is 7.17. The first-order valence-electron chi connectivity index (χ1n) is 7.17. The lowest BCUT2D eigenvalue weighted by atomic mass is 9.93. The first kappa shape index (κ1) is 16.4. The highest BCUT2D eigenvalue weighted by Gasteiger charge is 2.30. The van der Waals surface area contributed by atoms with E-state index in [0.717, 1.165) is 12.1 Å². The number of likely N-dealkylation sites (N-methyl/N-ethyl adjacent to an activating group) is 1. The molecule has 2 rings (SSSR count). The van der Waals surface area contributed by atoms with Gasteiger partial charge in [0.2, 0.25) is 0 Å². The molecule has 1 amide bonds. The van der Waals surface area contributed by atoms with Crippen LogP contribution in [-0.2, 0) is 15.1 Å². The average Bonchev–Trinajstić information content (AvgIpc) is 2.47. The fourth-order valence-corrected chi connectivity index (χ4v) is 2.40. The number of nitro groups is 1. The molecule has 1 saturated heterocycles. The van der Waals surface area contributed by atoms with Crippen molar-refractivity contribution < 1.29 is 14.5 Å². The van der Waals surface area contributed by atoms with Gasteiger partial charge in [0, 0.05) is 25.2 Å². The molecular weight excluding hydrogens is 286 g/mol. The molecule has 0 aromatic heterocycles. The Morgan fingerprint density at radius 1 is 1.41 bits per heavy atom. The monoisotopic (exact) mass is 307 g/mol. The number of rotatable bonds is 4. The number of nitrogens with zero attached hydrogens (tertiary/aromatic N) is 2. The third kappa shape index (κ3) is 3.80. The molecule has 0 unspecified atom stereocenters. The van der Waals surface area contributed by atoms with Crippen molar-refractivity contribution in [2.75, 3.05) is 26.7 Å². The van der Waals surface area contributed by atoms with Gasteiger partial charge >= 0.3 is 0 Å². The van der Waals surface area contributed by atoms with Crippen molar-refractivity contribution in [3.63, 3.8) is 0 Å². The van der Waals surface area contributed by atoms with Crippen LogP contribution in [0, 0.1) is 10.1 Å². The highest BCUT2D eigenvalue weighted by atomic mass is 16.6. The summed E-state index contributed by atoms with van der Waals surface area (Å²) in [5.41, 5.74) is 0.199. The standard InChI is InChI=1S/C15H21N3O4/c1-15(2,11-4-6-12(7-5-11)18(20)21)16-14(19)13-10-17(3)8-9-22-13/h4-7,13H,8-10H2,1-3H3,(H,16,19)/t13-/m1/s1. The molecule has 0 aliphatic carbocycles. The maximum Gasteiger partial charge on any atom is 0.269 e. The number of nitro benzene ring substituents is 1. The van der Waals surface area contributed by atoms with Gasteiger partial charge in [0.05, 0.1) is 17.1 Å². The third-order valence-electron chi connectivity index (χ3n) is 3.80. The summed E-state index contributed by atoms with van der Waals surface area (Å²) in [5, 5.41) is 13.6. The van der Waals surface area contributed by atoms with Gasteiger partial charge in [0.15, 0.2) is 0 Å². The summed E-state index contributed by atoms with van der Waals surface area (Å²) in [6.45, 7) is 5.63. The minimum Gasteiger partial charge on any atom is -0.366 e. The first-order chi connectivity index (χ1) is 10.3. The number of benzene rings is 1. The lowest BCUT2D eigenvalue weighted by Gasteiger charge is -2.33. The van der Waals surface area contributed by atoms with Gasteiger partial charge in [0.1, 0.15) is 6.10 Å². The van der Waals surface area contributed by atoms with E-state index in [1.807, 2.05) is 25.8 Å². The van der Waals surface area contributed by atoms with Crippen LogP contribution in [-0.4, -0.2) is 48.6 Å². The maximum absolute atomic E-state index is 12.3. The van der Waals surface area contributed by atoms with E-state index in [4.69, 9.17) is 4.74 Å². The van der Waals surface area contributed by atoms with E-state index in [1.165, 1.54) is 12.1 Å². The van der Waals surface area contributed by atoms with E-state index in [1.54, 1.807) is 12.1 Å². The Morgan fingerprint density at radius 2 is 2.05 bits per heavy atom. The van der Waals surface area contributed by atoms with Crippen molar-refractivity contribution in [2.45, 2.75) is 25.5 Å². The van der Waals surface area contributed by atoms with Crippen LogP contribution < -0.4 is 5.32 Å². The molecule has 1 fully saturated rings. The van der Waals surface area contributed by atoms with Crippen molar-refractivity contribution in [3.05, 3.63) is 39.9 Å². The minimum absolute atomic E-state index is 0.0307. The van der Waals surface area contributed by atoms with Gasteiger partial charge in [0.25, 0.3) is 11.6 Å². The summed E-state index contributed by atoms with van der Waals surface area (Å²) in [6.07, 6.45) is -0.490. The normalized spacial score (nSPS) is 19.7. The van der Waals surface area contributed by atoms with Crippen molar-refractivity contribution in [1.29, 1.82) is 0 Å². The zero-order chi connectivity index (χ0) is 16.3. The lowest BCUT2D eigenvalue weighted by Crippen LogP contribution is -2.52. The van der Waals surface area contributed by atoms with E-state index < -0.39 is 16.6 Å². The largest absolute Gasteiger partial charge is 0.366 e. The van der Waals surface area contributed by atoms with Crippen LogP contribution in [0.2, 0.25) is 0 Å². The van der Waals surface area contributed by atoms with Crippen LogP contribution in [0.1, 0.15) is 19.4 Å². The Kier molecular flexibility index (Phi) is 4.77. The van der Waals surface area contributed by atoms with E-state index in [9.17, 15) is 14.9 Å². The number of carbonyl (C=O) groups is 1. The van der Waals surface area contributed by atoms with Gasteiger partial charge in [-0.15, -0.1) is 0 Å². The number of ether oxygens (including phenoxy) is 1. The number of morpholine rings is 1. The zero-order valence-corrected chi connectivity index (χ0v) is 13.0. The molecule has 7 nitrogen and oxygen atoms in total. The van der Waals surface area contributed by atoms with Crippen molar-refractivity contribution in [3.8, 4) is 0 Å². The van der Waals surface area contributed by atoms with Crippen molar-refractivity contribution in [1.82, 2.24) is 10.2 Å². The molecule has 0 bridgehead atoms. The molecule has 120 valence electrons. The number of hydrogen-bond acceptors (Lipinski definition) is 5. The quantitative estimate of drug-likeness (QED) is 0.669. The highest BCUT2D eigenvalue weighted by Crippen LogP contribution is 2.23. The second-order valence-corrected chi connectivity index (χ2v) is 6.04. The van der Waals surface area contributed by atoms with Crippen LogP contribution in [0.5, 0.6) is 0 Å². The fraction of sp³-hybridized carbons (Fsp3) is 0.533. The summed E-state index contributed by atoms with van der Waals surface area (Å²) in [7, 11) is 1.95. The molecule has 0 saturated carbocycles. The van der Waals surface area contributed by atoms with Crippen LogP contribution in [0.25, 0.3) is 0 Å². The Morgan fingerprint density at radius 3 is 2.59 bits per heavy atom. The average molecular weight is 307 g/mol. The van der Waals surface area contributed by atoms with Gasteiger partial charge < -0.3 is 15.0 Å². The summed E-state index contributed by atoms with van der Waals surface area (Å²) in [5.74, 6) is -0.171. The van der Waals surface area contributed by atoms with Crippen LogP contribution in [0.3, 0.4) is 0 Å². The molecule has 0 radical (unpaired) electrons.